The van der Waals surface area contributed by atoms with E-state index in [-0.39, 0.29) is 11.4 Å². The monoisotopic (exact) mass is 430 g/mol. The molecule has 154 valence electrons. The highest BCUT2D eigenvalue weighted by molar-refractivity contribution is 8.18. The van der Waals surface area contributed by atoms with Crippen LogP contribution in [0.1, 0.15) is 5.56 Å². The van der Waals surface area contributed by atoms with Crippen LogP contribution in [0.4, 0.5) is 10.5 Å². The lowest BCUT2D eigenvalue weighted by molar-refractivity contribution is -0.127. The largest absolute Gasteiger partial charge is 0.457 e. The van der Waals surface area contributed by atoms with Crippen LogP contribution in [0.25, 0.3) is 6.08 Å². The summed E-state index contributed by atoms with van der Waals surface area (Å²) in [7, 11) is 0. The van der Waals surface area contributed by atoms with Gasteiger partial charge in [0.2, 0.25) is 5.91 Å². The SMILES string of the molecule is O=C(CN1C(=O)S/C(=C/c2cccc(Oc3ccccc3)c2)C1=O)Nc1ccccc1. The molecule has 3 amide bonds. The molecule has 0 aliphatic carbocycles. The molecule has 7 heteroatoms. The Balaban J connectivity index is 1.44. The predicted octanol–water partition coefficient (Wildman–Crippen LogP) is 5.15. The zero-order valence-electron chi connectivity index (χ0n) is 16.4. The number of nitrogens with zero attached hydrogens (tertiary/aromatic N) is 1. The number of benzene rings is 3. The van der Waals surface area contributed by atoms with E-state index < -0.39 is 17.1 Å². The van der Waals surface area contributed by atoms with Crippen LogP contribution in [0, 0.1) is 0 Å². The summed E-state index contributed by atoms with van der Waals surface area (Å²) in [5, 5.41) is 2.20. The van der Waals surface area contributed by atoms with Gasteiger partial charge in [-0.25, -0.2) is 0 Å². The zero-order chi connectivity index (χ0) is 21.6. The molecule has 0 aromatic heterocycles. The van der Waals surface area contributed by atoms with Gasteiger partial charge in [0.05, 0.1) is 4.91 Å². The Morgan fingerprint density at radius 3 is 2.32 bits per heavy atom. The van der Waals surface area contributed by atoms with E-state index in [1.165, 1.54) is 0 Å². The van der Waals surface area contributed by atoms with Gasteiger partial charge in [-0.3, -0.25) is 19.3 Å². The number of nitrogens with one attached hydrogen (secondary N) is 1. The number of amides is 3. The van der Waals surface area contributed by atoms with Gasteiger partial charge in [-0.15, -0.1) is 0 Å². The summed E-state index contributed by atoms with van der Waals surface area (Å²) in [5.41, 5.74) is 1.32. The molecule has 1 fully saturated rings. The maximum Gasteiger partial charge on any atom is 0.294 e. The first-order valence-corrected chi connectivity index (χ1v) is 10.3. The number of hydrogen-bond acceptors (Lipinski definition) is 5. The molecule has 3 aromatic carbocycles. The average Bonchev–Trinajstić information content (AvgIpc) is 3.03. The van der Waals surface area contributed by atoms with Crippen molar-refractivity contribution in [2.75, 3.05) is 11.9 Å². The molecule has 31 heavy (non-hydrogen) atoms. The van der Waals surface area contributed by atoms with Crippen LogP contribution in [-0.2, 0) is 9.59 Å². The van der Waals surface area contributed by atoms with Gasteiger partial charge in [0, 0.05) is 5.69 Å². The van der Waals surface area contributed by atoms with Gasteiger partial charge in [0.15, 0.2) is 0 Å². The van der Waals surface area contributed by atoms with E-state index >= 15 is 0 Å². The van der Waals surface area contributed by atoms with Crippen LogP contribution in [0.5, 0.6) is 11.5 Å². The summed E-state index contributed by atoms with van der Waals surface area (Å²) in [6, 6.07) is 25.4. The van der Waals surface area contributed by atoms with Crippen LogP contribution < -0.4 is 10.1 Å². The summed E-state index contributed by atoms with van der Waals surface area (Å²) in [6.07, 6.45) is 1.62. The molecular weight excluding hydrogens is 412 g/mol. The van der Waals surface area contributed by atoms with Crippen molar-refractivity contribution in [3.05, 3.63) is 95.4 Å². The molecule has 1 saturated heterocycles. The molecule has 1 N–H and O–H groups in total. The molecule has 1 aliphatic rings. The lowest BCUT2D eigenvalue weighted by Gasteiger charge is -2.12. The fraction of sp³-hybridized carbons (Fsp3) is 0.0417. The molecule has 1 heterocycles. The van der Waals surface area contributed by atoms with E-state index in [2.05, 4.69) is 5.32 Å². The number of ether oxygens (including phenoxy) is 1. The highest BCUT2D eigenvalue weighted by Gasteiger charge is 2.36. The Hall–Kier alpha value is -3.84. The van der Waals surface area contributed by atoms with Gasteiger partial charge in [0.1, 0.15) is 18.0 Å². The van der Waals surface area contributed by atoms with Crippen LogP contribution >= 0.6 is 11.8 Å². The molecule has 4 rings (SSSR count). The minimum Gasteiger partial charge on any atom is -0.457 e. The molecule has 0 radical (unpaired) electrons. The molecule has 0 bridgehead atoms. The first-order chi connectivity index (χ1) is 15.1. The lowest BCUT2D eigenvalue weighted by Crippen LogP contribution is -2.36. The number of anilines is 1. The number of hydrogen-bond donors (Lipinski definition) is 1. The van der Waals surface area contributed by atoms with Crippen molar-refractivity contribution in [2.45, 2.75) is 0 Å². The van der Waals surface area contributed by atoms with E-state index in [4.69, 9.17) is 4.74 Å². The van der Waals surface area contributed by atoms with Crippen molar-refractivity contribution in [3.8, 4) is 11.5 Å². The normalized spacial score (nSPS) is 14.7. The third-order valence-corrected chi connectivity index (χ3v) is 5.28. The number of thioether (sulfide) groups is 1. The van der Waals surface area contributed by atoms with Crippen LogP contribution in [0.2, 0.25) is 0 Å². The number of carbonyl (C=O) groups excluding carboxylic acids is 3. The van der Waals surface area contributed by atoms with Gasteiger partial charge in [-0.2, -0.15) is 0 Å². The smallest absolute Gasteiger partial charge is 0.294 e. The molecule has 0 unspecified atom stereocenters. The van der Waals surface area contributed by atoms with Crippen molar-refractivity contribution < 1.29 is 19.1 Å². The van der Waals surface area contributed by atoms with Gasteiger partial charge in [-0.1, -0.05) is 48.5 Å². The Bertz CT molecular complexity index is 1150. The predicted molar refractivity (Wildman–Crippen MR) is 121 cm³/mol. The Kier molecular flexibility index (Phi) is 6.14. The first-order valence-electron chi connectivity index (χ1n) is 9.52. The third-order valence-electron chi connectivity index (χ3n) is 4.37. The minimum absolute atomic E-state index is 0.259. The van der Waals surface area contributed by atoms with E-state index in [1.54, 1.807) is 36.4 Å². The summed E-state index contributed by atoms with van der Waals surface area (Å²) in [6.45, 7) is -0.339. The lowest BCUT2D eigenvalue weighted by atomic mass is 10.2. The molecular formula is C24H18N2O4S. The van der Waals surface area contributed by atoms with E-state index in [9.17, 15) is 14.4 Å². The fourth-order valence-electron chi connectivity index (χ4n) is 2.95. The second-order valence-electron chi connectivity index (χ2n) is 6.67. The summed E-state index contributed by atoms with van der Waals surface area (Å²) in [5.74, 6) is 0.381. The number of rotatable bonds is 6. The minimum atomic E-state index is -0.493. The number of imide groups is 1. The topological polar surface area (TPSA) is 75.7 Å². The Morgan fingerprint density at radius 2 is 1.58 bits per heavy atom. The first kappa shape index (κ1) is 20.4. The quantitative estimate of drug-likeness (QED) is 0.547. The Labute approximate surface area is 183 Å². The maximum atomic E-state index is 12.7. The zero-order valence-corrected chi connectivity index (χ0v) is 17.2. The molecule has 1 aliphatic heterocycles. The molecule has 0 atom stereocenters. The maximum absolute atomic E-state index is 12.7. The van der Waals surface area contributed by atoms with Crippen molar-refractivity contribution >= 4 is 40.6 Å². The Morgan fingerprint density at radius 1 is 0.903 bits per heavy atom. The van der Waals surface area contributed by atoms with E-state index in [0.29, 0.717) is 22.7 Å². The molecule has 3 aromatic rings. The van der Waals surface area contributed by atoms with Gasteiger partial charge < -0.3 is 10.1 Å². The molecule has 0 spiro atoms. The van der Waals surface area contributed by atoms with Crippen molar-refractivity contribution in [3.63, 3.8) is 0 Å². The fourth-order valence-corrected chi connectivity index (χ4v) is 3.78. The van der Waals surface area contributed by atoms with Crippen molar-refractivity contribution in [1.29, 1.82) is 0 Å². The highest BCUT2D eigenvalue weighted by Crippen LogP contribution is 2.33. The third kappa shape index (κ3) is 5.21. The number of para-hydroxylation sites is 2. The second-order valence-corrected chi connectivity index (χ2v) is 7.66. The van der Waals surface area contributed by atoms with E-state index in [1.807, 2.05) is 54.6 Å². The van der Waals surface area contributed by atoms with Crippen LogP contribution in [0.3, 0.4) is 0 Å². The second kappa shape index (κ2) is 9.32. The van der Waals surface area contributed by atoms with Crippen molar-refractivity contribution in [1.82, 2.24) is 4.90 Å². The summed E-state index contributed by atoms with van der Waals surface area (Å²) >= 11 is 0.812. The van der Waals surface area contributed by atoms with E-state index in [0.717, 1.165) is 16.7 Å². The van der Waals surface area contributed by atoms with Gasteiger partial charge in [-0.05, 0) is 59.8 Å². The summed E-state index contributed by atoms with van der Waals surface area (Å²) < 4.78 is 5.81. The van der Waals surface area contributed by atoms with Gasteiger partial charge in [0.25, 0.3) is 11.1 Å². The summed E-state index contributed by atoms with van der Waals surface area (Å²) in [4.78, 5) is 38.4. The number of carbonyl (C=O) groups is 3. The van der Waals surface area contributed by atoms with Crippen LogP contribution in [0.15, 0.2) is 89.8 Å². The molecule has 0 saturated carbocycles. The molecule has 6 nitrogen and oxygen atoms in total. The highest BCUT2D eigenvalue weighted by atomic mass is 32.2. The standard InChI is InChI=1S/C24H18N2O4S/c27-22(25-18-9-3-1-4-10-18)16-26-23(28)21(31-24(26)29)15-17-8-7-13-20(14-17)30-19-11-5-2-6-12-19/h1-15H,16H2,(H,25,27)/b21-15+. The van der Waals surface area contributed by atoms with Crippen molar-refractivity contribution in [2.24, 2.45) is 0 Å². The van der Waals surface area contributed by atoms with Crippen LogP contribution in [-0.4, -0.2) is 28.5 Å². The van der Waals surface area contributed by atoms with Gasteiger partial charge >= 0.3 is 0 Å². The average molecular weight is 430 g/mol.